The SMILES string of the molecule is O=C(N1C[C@H]2C[C@@H](O)[C@H](O)C[C@H]2C1)C1(c2ccc(F)cc2)CCOCC1. The lowest BCUT2D eigenvalue weighted by atomic mass is 9.73. The molecule has 0 spiro atoms. The van der Waals surface area contributed by atoms with Gasteiger partial charge in [0.15, 0.2) is 0 Å². The number of carbonyl (C=O) groups is 1. The number of fused-ring (bicyclic) bond motifs is 1. The zero-order chi connectivity index (χ0) is 18.3. The van der Waals surface area contributed by atoms with Crippen molar-refractivity contribution in [2.24, 2.45) is 11.8 Å². The molecule has 142 valence electrons. The monoisotopic (exact) mass is 363 g/mol. The molecule has 0 aromatic heterocycles. The Morgan fingerprint density at radius 2 is 1.58 bits per heavy atom. The number of aliphatic hydroxyl groups is 2. The minimum atomic E-state index is -0.694. The van der Waals surface area contributed by atoms with Gasteiger partial charge in [0.2, 0.25) is 5.91 Å². The first-order chi connectivity index (χ1) is 12.5. The number of halogens is 1. The molecule has 4 rings (SSSR count). The van der Waals surface area contributed by atoms with E-state index in [2.05, 4.69) is 0 Å². The van der Waals surface area contributed by atoms with Crippen molar-refractivity contribution >= 4 is 5.91 Å². The number of hydrogen-bond acceptors (Lipinski definition) is 4. The minimum absolute atomic E-state index is 0.0748. The van der Waals surface area contributed by atoms with E-state index in [1.165, 1.54) is 12.1 Å². The van der Waals surface area contributed by atoms with Crippen LogP contribution >= 0.6 is 0 Å². The average Bonchev–Trinajstić information content (AvgIpc) is 3.05. The van der Waals surface area contributed by atoms with Gasteiger partial charge in [-0.15, -0.1) is 0 Å². The largest absolute Gasteiger partial charge is 0.390 e. The molecule has 1 saturated carbocycles. The van der Waals surface area contributed by atoms with Gasteiger partial charge in [-0.2, -0.15) is 0 Å². The Morgan fingerprint density at radius 3 is 2.12 bits per heavy atom. The third kappa shape index (κ3) is 3.04. The fourth-order valence-electron chi connectivity index (χ4n) is 4.99. The maximum absolute atomic E-state index is 13.6. The molecule has 2 N–H and O–H groups in total. The molecule has 3 aliphatic rings. The Bertz CT molecular complexity index is 640. The summed E-state index contributed by atoms with van der Waals surface area (Å²) in [6.07, 6.45) is 0.883. The summed E-state index contributed by atoms with van der Waals surface area (Å²) in [5.41, 5.74) is 0.179. The summed E-state index contributed by atoms with van der Waals surface area (Å²) in [5, 5.41) is 19.9. The maximum atomic E-state index is 13.6. The number of ether oxygens (including phenoxy) is 1. The van der Waals surface area contributed by atoms with Crippen LogP contribution in [0.5, 0.6) is 0 Å². The summed E-state index contributed by atoms with van der Waals surface area (Å²) in [6, 6.07) is 6.26. The van der Waals surface area contributed by atoms with E-state index in [-0.39, 0.29) is 23.6 Å². The van der Waals surface area contributed by atoms with Crippen molar-refractivity contribution in [3.05, 3.63) is 35.6 Å². The second-order valence-electron chi connectivity index (χ2n) is 8.04. The highest BCUT2D eigenvalue weighted by Gasteiger charge is 2.49. The molecule has 0 bridgehead atoms. The van der Waals surface area contributed by atoms with Crippen molar-refractivity contribution < 1.29 is 24.1 Å². The summed E-state index contributed by atoms with van der Waals surface area (Å²) in [4.78, 5) is 15.5. The topological polar surface area (TPSA) is 70.0 Å². The zero-order valence-electron chi connectivity index (χ0n) is 14.8. The Labute approximate surface area is 152 Å². The van der Waals surface area contributed by atoms with Crippen molar-refractivity contribution in [1.82, 2.24) is 4.90 Å². The van der Waals surface area contributed by atoms with E-state index in [9.17, 15) is 19.4 Å². The van der Waals surface area contributed by atoms with Crippen molar-refractivity contribution in [2.75, 3.05) is 26.3 Å². The molecule has 1 aromatic carbocycles. The predicted octanol–water partition coefficient (Wildman–Crippen LogP) is 1.46. The Hall–Kier alpha value is -1.50. The summed E-state index contributed by atoms with van der Waals surface area (Å²) in [5.74, 6) is 0.245. The molecule has 2 aliphatic heterocycles. The van der Waals surface area contributed by atoms with Gasteiger partial charge in [-0.05, 0) is 55.2 Å². The number of likely N-dealkylation sites (tertiary alicyclic amines) is 1. The lowest BCUT2D eigenvalue weighted by Gasteiger charge is -2.39. The third-order valence-electron chi connectivity index (χ3n) is 6.55. The second-order valence-corrected chi connectivity index (χ2v) is 8.04. The molecule has 5 nitrogen and oxygen atoms in total. The quantitative estimate of drug-likeness (QED) is 0.835. The van der Waals surface area contributed by atoms with Crippen LogP contribution in [0.2, 0.25) is 0 Å². The van der Waals surface area contributed by atoms with Crippen LogP contribution in [0.15, 0.2) is 24.3 Å². The van der Waals surface area contributed by atoms with Crippen molar-refractivity contribution in [3.63, 3.8) is 0 Å². The predicted molar refractivity (Wildman–Crippen MR) is 92.9 cm³/mol. The molecule has 4 atom stereocenters. The summed E-state index contributed by atoms with van der Waals surface area (Å²) < 4.78 is 18.9. The Morgan fingerprint density at radius 1 is 1.04 bits per heavy atom. The van der Waals surface area contributed by atoms with E-state index in [0.29, 0.717) is 52.0 Å². The molecule has 2 saturated heterocycles. The van der Waals surface area contributed by atoms with Gasteiger partial charge in [0.25, 0.3) is 0 Å². The van der Waals surface area contributed by atoms with Crippen LogP contribution in [0.1, 0.15) is 31.2 Å². The molecule has 3 fully saturated rings. The number of amides is 1. The number of carbonyl (C=O) groups excluding carboxylic acids is 1. The van der Waals surface area contributed by atoms with Crippen LogP contribution in [0, 0.1) is 17.7 Å². The molecule has 1 amide bonds. The van der Waals surface area contributed by atoms with Crippen LogP contribution < -0.4 is 0 Å². The summed E-state index contributed by atoms with van der Waals surface area (Å²) in [7, 11) is 0. The van der Waals surface area contributed by atoms with E-state index in [0.717, 1.165) is 5.56 Å². The van der Waals surface area contributed by atoms with Crippen LogP contribution in [0.25, 0.3) is 0 Å². The highest BCUT2D eigenvalue weighted by atomic mass is 19.1. The van der Waals surface area contributed by atoms with E-state index in [4.69, 9.17) is 4.74 Å². The molecule has 26 heavy (non-hydrogen) atoms. The van der Waals surface area contributed by atoms with Crippen LogP contribution in [-0.4, -0.2) is 59.5 Å². The number of aliphatic hydroxyl groups excluding tert-OH is 2. The van der Waals surface area contributed by atoms with E-state index < -0.39 is 17.6 Å². The number of hydrogen-bond donors (Lipinski definition) is 2. The number of benzene rings is 1. The van der Waals surface area contributed by atoms with Gasteiger partial charge in [0, 0.05) is 26.3 Å². The molecule has 2 heterocycles. The van der Waals surface area contributed by atoms with Crippen LogP contribution in [0.3, 0.4) is 0 Å². The first-order valence-corrected chi connectivity index (χ1v) is 9.49. The van der Waals surface area contributed by atoms with Crippen molar-refractivity contribution in [2.45, 2.75) is 43.3 Å². The molecule has 1 aliphatic carbocycles. The first kappa shape index (κ1) is 17.9. The van der Waals surface area contributed by atoms with E-state index in [1.54, 1.807) is 12.1 Å². The third-order valence-corrected chi connectivity index (χ3v) is 6.55. The molecule has 6 heteroatoms. The molecular formula is C20H26FNO4. The Balaban J connectivity index is 1.59. The zero-order valence-corrected chi connectivity index (χ0v) is 14.8. The van der Waals surface area contributed by atoms with Crippen LogP contribution in [0.4, 0.5) is 4.39 Å². The van der Waals surface area contributed by atoms with Gasteiger partial charge in [0.05, 0.1) is 17.6 Å². The van der Waals surface area contributed by atoms with E-state index in [1.807, 2.05) is 4.90 Å². The van der Waals surface area contributed by atoms with Gasteiger partial charge in [0.1, 0.15) is 5.82 Å². The lowest BCUT2D eigenvalue weighted by molar-refractivity contribution is -0.140. The lowest BCUT2D eigenvalue weighted by Crippen LogP contribution is -2.49. The van der Waals surface area contributed by atoms with Gasteiger partial charge in [-0.25, -0.2) is 4.39 Å². The van der Waals surface area contributed by atoms with Gasteiger partial charge in [-0.3, -0.25) is 4.79 Å². The Kier molecular flexibility index (Phi) is 4.75. The highest BCUT2D eigenvalue weighted by Crippen LogP contribution is 2.42. The summed E-state index contributed by atoms with van der Waals surface area (Å²) in [6.45, 7) is 2.27. The number of nitrogens with zero attached hydrogens (tertiary/aromatic N) is 1. The van der Waals surface area contributed by atoms with Crippen molar-refractivity contribution in [3.8, 4) is 0 Å². The fraction of sp³-hybridized carbons (Fsp3) is 0.650. The smallest absolute Gasteiger partial charge is 0.233 e. The molecule has 1 aromatic rings. The summed E-state index contributed by atoms with van der Waals surface area (Å²) >= 11 is 0. The fourth-order valence-corrected chi connectivity index (χ4v) is 4.99. The molecule has 0 radical (unpaired) electrons. The highest BCUT2D eigenvalue weighted by molar-refractivity contribution is 5.88. The average molecular weight is 363 g/mol. The van der Waals surface area contributed by atoms with Gasteiger partial charge >= 0.3 is 0 Å². The molecular weight excluding hydrogens is 337 g/mol. The maximum Gasteiger partial charge on any atom is 0.233 e. The standard InChI is InChI=1S/C20H26FNO4/c21-16-3-1-15(2-4-16)20(5-7-26-8-6-20)19(25)22-11-13-9-17(23)18(24)10-14(13)12-22/h1-4,13-14,17-18,23-24H,5-12H2/t13-,14+,17-,18-/m1/s1. The number of rotatable bonds is 2. The second kappa shape index (κ2) is 6.91. The molecule has 0 unspecified atom stereocenters. The van der Waals surface area contributed by atoms with Gasteiger partial charge in [-0.1, -0.05) is 12.1 Å². The minimum Gasteiger partial charge on any atom is -0.390 e. The van der Waals surface area contributed by atoms with Crippen molar-refractivity contribution in [1.29, 1.82) is 0 Å². The van der Waals surface area contributed by atoms with Crippen LogP contribution in [-0.2, 0) is 14.9 Å². The van der Waals surface area contributed by atoms with E-state index >= 15 is 0 Å². The normalized spacial score (nSPS) is 33.7. The first-order valence-electron chi connectivity index (χ1n) is 9.49. The van der Waals surface area contributed by atoms with Gasteiger partial charge < -0.3 is 19.8 Å².